The second-order valence-electron chi connectivity index (χ2n) is 16.5. The molecule has 0 spiro atoms. The van der Waals surface area contributed by atoms with Crippen LogP contribution in [0.1, 0.15) is 95.1 Å². The van der Waals surface area contributed by atoms with Crippen LogP contribution in [0, 0.1) is 17.2 Å². The van der Waals surface area contributed by atoms with Gasteiger partial charge in [0.15, 0.2) is 11.5 Å². The van der Waals surface area contributed by atoms with Crippen LogP contribution in [-0.2, 0) is 9.59 Å². The molecule has 3 aromatic rings. The Morgan fingerprint density at radius 2 is 1.72 bits per heavy atom. The number of likely N-dealkylation sites (tertiary alicyclic amines) is 2. The number of nitrogens with two attached hydrogens (primary N) is 1. The van der Waals surface area contributed by atoms with E-state index in [1.54, 1.807) is 29.2 Å². The van der Waals surface area contributed by atoms with E-state index < -0.39 is 17.3 Å². The molecule has 58 heavy (non-hydrogen) atoms. The van der Waals surface area contributed by atoms with Gasteiger partial charge in [0.05, 0.1) is 16.7 Å². The van der Waals surface area contributed by atoms with Crippen LogP contribution in [0.2, 0.25) is 5.02 Å². The number of thiol groups is 1. The zero-order valence-electron chi connectivity index (χ0n) is 32.1. The lowest BCUT2D eigenvalue weighted by molar-refractivity contribution is -0.156. The number of nitriles is 1. The Morgan fingerprint density at radius 3 is 2.40 bits per heavy atom. The van der Waals surface area contributed by atoms with E-state index in [4.69, 9.17) is 34.7 Å². The number of carbonyl (C=O) groups is 4. The molecule has 1 saturated carbocycles. The maximum absolute atomic E-state index is 14.2. The highest BCUT2D eigenvalue weighted by Crippen LogP contribution is 2.44. The van der Waals surface area contributed by atoms with Crippen molar-refractivity contribution >= 4 is 59.4 Å². The maximum atomic E-state index is 14.2. The van der Waals surface area contributed by atoms with Crippen molar-refractivity contribution < 1.29 is 23.9 Å². The average molecular weight is 824 g/mol. The minimum absolute atomic E-state index is 0.104. The van der Waals surface area contributed by atoms with Crippen molar-refractivity contribution in [2.75, 3.05) is 42.5 Å². The summed E-state index contributed by atoms with van der Waals surface area (Å²) < 4.78 is 6.15. The van der Waals surface area contributed by atoms with Crippen LogP contribution in [0.3, 0.4) is 0 Å². The molecule has 1 aromatic heterocycles. The smallest absolute Gasteiger partial charge is 0.269 e. The quantitative estimate of drug-likeness (QED) is 0.229. The number of rotatable bonds is 9. The molecular formula is C42H46ClN9O5S. The van der Waals surface area contributed by atoms with Crippen molar-refractivity contribution in [2.24, 2.45) is 11.7 Å². The minimum Gasteiger partial charge on any atom is -0.490 e. The van der Waals surface area contributed by atoms with E-state index in [1.165, 1.54) is 4.90 Å². The number of hydrogen-bond acceptors (Lipinski definition) is 12. The van der Waals surface area contributed by atoms with Crippen LogP contribution in [0.25, 0.3) is 0 Å². The van der Waals surface area contributed by atoms with Gasteiger partial charge >= 0.3 is 0 Å². The second kappa shape index (κ2) is 15.7. The molecule has 0 unspecified atom stereocenters. The third kappa shape index (κ3) is 7.13. The Kier molecular flexibility index (Phi) is 10.4. The summed E-state index contributed by atoms with van der Waals surface area (Å²) in [6, 6.07) is 16.3. The van der Waals surface area contributed by atoms with Gasteiger partial charge in [-0.15, -0.1) is 22.8 Å². The molecule has 14 nitrogen and oxygen atoms in total. The van der Waals surface area contributed by atoms with E-state index in [9.17, 15) is 24.4 Å². The van der Waals surface area contributed by atoms with Gasteiger partial charge in [0.1, 0.15) is 23.2 Å². The standard InChI is InChI=1S/C42H46ClN9O5S/c43-34-19-31(5-1-25(34)20-44)57-30-6-2-26(3-7-30)51-38(53)12-10-36(41(51)56)52-40(55)33-18-27(4-8-32(33)42(52)58)50-23-28-17-29(50)22-49(28)21-24-13-15-48(16-14-24)37-11-9-35(39(45)54)46-47-37/h1,4-5,8-9,11,18-19,24,26,28-30,36,42,58H,2-3,6-7,10,12-17,21-23H2,(H2,45,54)/t26?,28-,29-,30?,36-,42-/m1/s1. The van der Waals surface area contributed by atoms with Crippen LogP contribution >= 0.6 is 24.2 Å². The molecule has 5 aliphatic heterocycles. The van der Waals surface area contributed by atoms with E-state index in [0.717, 1.165) is 69.1 Å². The Bertz CT molecular complexity index is 2170. The van der Waals surface area contributed by atoms with Gasteiger partial charge in [-0.2, -0.15) is 5.26 Å². The van der Waals surface area contributed by atoms with Crippen LogP contribution in [-0.4, -0.2) is 112 Å². The summed E-state index contributed by atoms with van der Waals surface area (Å²) in [6.45, 7) is 4.73. The summed E-state index contributed by atoms with van der Waals surface area (Å²) in [4.78, 5) is 63.3. The SMILES string of the molecule is N#Cc1ccc(OC2CCC(N3C(=O)CC[C@@H](N4C(=O)c5cc(N6C[C@H]7C[C@@H]6CN7CC6CCN(c7ccc(C(N)=O)nn7)CC6)ccc5[C@H]4S)C3=O)CC2)cc1Cl. The number of halogens is 1. The van der Waals surface area contributed by atoms with Crippen LogP contribution < -0.4 is 20.3 Å². The molecule has 4 amide bonds. The maximum Gasteiger partial charge on any atom is 0.269 e. The number of carbonyl (C=O) groups excluding carboxylic acids is 4. The summed E-state index contributed by atoms with van der Waals surface area (Å²) in [7, 11) is 0. The van der Waals surface area contributed by atoms with Crippen molar-refractivity contribution in [1.29, 1.82) is 5.26 Å². The Morgan fingerprint density at radius 1 is 0.931 bits per heavy atom. The zero-order chi connectivity index (χ0) is 40.2. The highest BCUT2D eigenvalue weighted by molar-refractivity contribution is 7.80. The number of benzene rings is 2. The van der Waals surface area contributed by atoms with Crippen molar-refractivity contribution in [2.45, 2.75) is 93.4 Å². The number of fused-ring (bicyclic) bond motifs is 3. The summed E-state index contributed by atoms with van der Waals surface area (Å²) in [5.74, 6) is 0.640. The predicted octanol–water partition coefficient (Wildman–Crippen LogP) is 4.57. The number of aromatic nitrogens is 2. The molecule has 6 aliphatic rings. The molecule has 302 valence electrons. The number of piperazine rings is 1. The van der Waals surface area contributed by atoms with Gasteiger partial charge in [-0.1, -0.05) is 17.7 Å². The van der Waals surface area contributed by atoms with Gasteiger partial charge in [0.25, 0.3) is 17.7 Å². The van der Waals surface area contributed by atoms with E-state index in [2.05, 4.69) is 31.0 Å². The number of primary amides is 1. The number of ether oxygens (including phenoxy) is 1. The van der Waals surface area contributed by atoms with Crippen LogP contribution in [0.5, 0.6) is 5.75 Å². The number of nitrogens with zero attached hydrogens (tertiary/aromatic N) is 8. The largest absolute Gasteiger partial charge is 0.490 e. The van der Waals surface area contributed by atoms with Crippen molar-refractivity contribution in [1.82, 2.24) is 24.9 Å². The minimum atomic E-state index is -0.767. The first-order chi connectivity index (χ1) is 28.1. The van der Waals surface area contributed by atoms with E-state index in [1.807, 2.05) is 24.3 Å². The van der Waals surface area contributed by atoms with Gasteiger partial charge in [-0.3, -0.25) is 29.0 Å². The molecule has 0 radical (unpaired) electrons. The fourth-order valence-corrected chi connectivity index (χ4v) is 10.8. The van der Waals surface area contributed by atoms with E-state index in [0.29, 0.717) is 65.6 Å². The zero-order valence-corrected chi connectivity index (χ0v) is 33.7. The lowest BCUT2D eigenvalue weighted by atomic mass is 9.89. The normalized spacial score (nSPS) is 27.6. The summed E-state index contributed by atoms with van der Waals surface area (Å²) in [6.07, 6.45) is 6.08. The fourth-order valence-electron chi connectivity index (χ4n) is 10.1. The Balaban J connectivity index is 0.792. The van der Waals surface area contributed by atoms with Gasteiger partial charge in [-0.25, -0.2) is 0 Å². The molecule has 2 aromatic carbocycles. The van der Waals surface area contributed by atoms with E-state index in [-0.39, 0.29) is 48.4 Å². The van der Waals surface area contributed by atoms with Gasteiger partial charge in [0.2, 0.25) is 5.91 Å². The van der Waals surface area contributed by atoms with Gasteiger partial charge in [0, 0.05) is 74.6 Å². The van der Waals surface area contributed by atoms with Crippen molar-refractivity contribution in [3.05, 3.63) is 75.9 Å². The molecule has 2 bridgehead atoms. The first-order valence-electron chi connectivity index (χ1n) is 20.3. The monoisotopic (exact) mass is 823 g/mol. The van der Waals surface area contributed by atoms with Crippen molar-refractivity contribution in [3.63, 3.8) is 0 Å². The molecule has 9 rings (SSSR count). The fraction of sp³-hybridized carbons (Fsp3) is 0.500. The predicted molar refractivity (Wildman–Crippen MR) is 219 cm³/mol. The Labute approximate surface area is 347 Å². The third-order valence-corrected chi connectivity index (χ3v) is 14.0. The highest BCUT2D eigenvalue weighted by atomic mass is 35.5. The van der Waals surface area contributed by atoms with Gasteiger partial charge in [-0.05, 0) is 99.2 Å². The molecule has 16 heteroatoms. The number of amides is 4. The first kappa shape index (κ1) is 38.6. The van der Waals surface area contributed by atoms with Crippen LogP contribution in [0.15, 0.2) is 48.5 Å². The average Bonchev–Trinajstić information content (AvgIpc) is 3.90. The lowest BCUT2D eigenvalue weighted by Gasteiger charge is -2.42. The van der Waals surface area contributed by atoms with E-state index >= 15 is 0 Å². The molecule has 4 saturated heterocycles. The summed E-state index contributed by atoms with van der Waals surface area (Å²) in [5.41, 5.74) is 8.26. The Hall–Kier alpha value is -4.91. The molecular weight excluding hydrogens is 778 g/mol. The van der Waals surface area contributed by atoms with Crippen molar-refractivity contribution in [3.8, 4) is 11.8 Å². The summed E-state index contributed by atoms with van der Waals surface area (Å²) >= 11 is 11.1. The number of piperidine rings is 2. The highest BCUT2D eigenvalue weighted by Gasteiger charge is 2.49. The lowest BCUT2D eigenvalue weighted by Crippen LogP contribution is -2.58. The van der Waals surface area contributed by atoms with Gasteiger partial charge < -0.3 is 25.2 Å². The third-order valence-electron chi connectivity index (χ3n) is 13.2. The molecule has 5 fully saturated rings. The number of imide groups is 1. The molecule has 1 aliphatic carbocycles. The first-order valence-corrected chi connectivity index (χ1v) is 21.2. The second-order valence-corrected chi connectivity index (χ2v) is 17.4. The van der Waals surface area contributed by atoms with Crippen LogP contribution in [0.4, 0.5) is 11.5 Å². The topological polar surface area (TPSA) is 169 Å². The number of anilines is 2. The molecule has 4 atom stereocenters. The molecule has 2 N–H and O–H groups in total. The number of hydrogen-bond donors (Lipinski definition) is 2. The molecule has 6 heterocycles. The summed E-state index contributed by atoms with van der Waals surface area (Å²) in [5, 5.41) is 17.1.